The predicted octanol–water partition coefficient (Wildman–Crippen LogP) is 4.39. The van der Waals surface area contributed by atoms with Crippen LogP contribution >= 0.6 is 11.6 Å². The molecule has 3 heteroatoms. The lowest BCUT2D eigenvalue weighted by molar-refractivity contribution is 0.204. The second-order valence-corrected chi connectivity index (χ2v) is 3.23. The van der Waals surface area contributed by atoms with Crippen LogP contribution in [0.1, 0.15) is 11.1 Å². The van der Waals surface area contributed by atoms with Crippen molar-refractivity contribution >= 4 is 11.6 Å². The zero-order valence-corrected chi connectivity index (χ0v) is 8.98. The number of benzene rings is 1. The molecule has 0 heterocycles. The average Bonchev–Trinajstić information content (AvgIpc) is 2.13. The van der Waals surface area contributed by atoms with Crippen molar-refractivity contribution in [2.75, 3.05) is 0 Å². The van der Waals surface area contributed by atoms with Gasteiger partial charge in [0.2, 0.25) is 0 Å². The van der Waals surface area contributed by atoms with Crippen LogP contribution < -0.4 is 0 Å². The molecule has 0 aromatic heterocycles. The van der Waals surface area contributed by atoms with Crippen LogP contribution in [-0.4, -0.2) is 6.43 Å². The number of halogens is 3. The van der Waals surface area contributed by atoms with Gasteiger partial charge in [0.1, 0.15) is 0 Å². The molecular weight excluding hydrogens is 206 g/mol. The first kappa shape index (κ1) is 13.1. The average molecular weight is 219 g/mol. The molecule has 0 unspecified atom stereocenters. The molecule has 0 nitrogen and oxygen atoms in total. The van der Waals surface area contributed by atoms with Crippen molar-refractivity contribution in [3.05, 3.63) is 47.0 Å². The van der Waals surface area contributed by atoms with E-state index >= 15 is 0 Å². The number of hydrogen-bond donors (Lipinski definition) is 0. The minimum Gasteiger partial charge on any atom is -0.206 e. The molecule has 0 amide bonds. The van der Waals surface area contributed by atoms with Crippen molar-refractivity contribution in [3.63, 3.8) is 0 Å². The van der Waals surface area contributed by atoms with Crippen LogP contribution in [0.4, 0.5) is 8.78 Å². The first-order chi connectivity index (χ1) is 6.47. The summed E-state index contributed by atoms with van der Waals surface area (Å²) in [5.74, 6) is 0. The third-order valence-corrected chi connectivity index (χ3v) is 1.91. The predicted molar refractivity (Wildman–Crippen MR) is 57.1 cm³/mol. The van der Waals surface area contributed by atoms with Gasteiger partial charge < -0.3 is 0 Å². The van der Waals surface area contributed by atoms with Crippen LogP contribution in [0.15, 0.2) is 30.9 Å². The highest BCUT2D eigenvalue weighted by Gasteiger charge is 1.91. The van der Waals surface area contributed by atoms with Crippen molar-refractivity contribution in [2.45, 2.75) is 20.3 Å². The highest BCUT2D eigenvalue weighted by molar-refractivity contribution is 6.31. The van der Waals surface area contributed by atoms with Crippen molar-refractivity contribution in [2.24, 2.45) is 0 Å². The van der Waals surface area contributed by atoms with Gasteiger partial charge in [-0.2, -0.15) is 0 Å². The van der Waals surface area contributed by atoms with E-state index in [1.54, 1.807) is 0 Å². The Balaban J connectivity index is 0.000000292. The van der Waals surface area contributed by atoms with Gasteiger partial charge in [-0.1, -0.05) is 30.3 Å². The monoisotopic (exact) mass is 218 g/mol. The fourth-order valence-electron chi connectivity index (χ4n) is 0.698. The third kappa shape index (κ3) is 5.70. The number of rotatable bonds is 1. The molecule has 0 aliphatic carbocycles. The lowest BCUT2D eigenvalue weighted by Gasteiger charge is -1.96. The summed E-state index contributed by atoms with van der Waals surface area (Å²) >= 11 is 5.81. The lowest BCUT2D eigenvalue weighted by Crippen LogP contribution is -1.75. The van der Waals surface area contributed by atoms with Crippen molar-refractivity contribution < 1.29 is 8.78 Å². The summed E-state index contributed by atoms with van der Waals surface area (Å²) in [6, 6.07) is 6.05. The summed E-state index contributed by atoms with van der Waals surface area (Å²) in [6.07, 6.45) is -1.77. The van der Waals surface area contributed by atoms with E-state index in [2.05, 4.69) is 12.6 Å². The molecule has 0 atom stereocenters. The van der Waals surface area contributed by atoms with Gasteiger partial charge in [0.05, 0.1) is 0 Å². The molecule has 0 aliphatic rings. The van der Waals surface area contributed by atoms with E-state index in [0.717, 1.165) is 10.6 Å². The molecule has 1 rings (SSSR count). The Kier molecular flexibility index (Phi) is 6.13. The lowest BCUT2D eigenvalue weighted by atomic mass is 10.2. The van der Waals surface area contributed by atoms with Crippen LogP contribution in [-0.2, 0) is 0 Å². The highest BCUT2D eigenvalue weighted by atomic mass is 35.5. The first-order valence-corrected chi connectivity index (χ1v) is 4.48. The summed E-state index contributed by atoms with van der Waals surface area (Å²) < 4.78 is 21.3. The molecule has 0 fully saturated rings. The zero-order chi connectivity index (χ0) is 11.1. The molecule has 0 spiro atoms. The summed E-state index contributed by atoms with van der Waals surface area (Å²) in [7, 11) is 0. The molecular formula is C11H13ClF2. The summed E-state index contributed by atoms with van der Waals surface area (Å²) in [5, 5.41) is 0.856. The molecule has 0 radical (unpaired) electrons. The van der Waals surface area contributed by atoms with Crippen LogP contribution in [0.5, 0.6) is 0 Å². The number of alkyl halides is 2. The summed E-state index contributed by atoms with van der Waals surface area (Å²) in [4.78, 5) is 0. The van der Waals surface area contributed by atoms with Crippen molar-refractivity contribution in [3.8, 4) is 0 Å². The standard InChI is InChI=1S/C8H9Cl.C3H4F2/c1-6-3-4-7(2)8(9)5-6;1-2-3(4)5/h3-5H,1-2H3;2-3H,1H2. The van der Waals surface area contributed by atoms with E-state index in [4.69, 9.17) is 11.6 Å². The fraction of sp³-hybridized carbons (Fsp3) is 0.273. The van der Waals surface area contributed by atoms with Gasteiger partial charge in [-0.05, 0) is 37.1 Å². The molecule has 0 saturated heterocycles. The maximum Gasteiger partial charge on any atom is 0.256 e. The molecule has 1 aromatic carbocycles. The third-order valence-electron chi connectivity index (χ3n) is 1.51. The molecule has 0 saturated carbocycles. The Morgan fingerprint density at radius 3 is 2.14 bits per heavy atom. The number of allylic oxidation sites excluding steroid dienone is 1. The number of aryl methyl sites for hydroxylation is 2. The molecule has 14 heavy (non-hydrogen) atoms. The Bertz CT molecular complexity index is 295. The van der Waals surface area contributed by atoms with Crippen LogP contribution in [0.25, 0.3) is 0 Å². The normalized spacial score (nSPS) is 9.29. The second-order valence-electron chi connectivity index (χ2n) is 2.82. The van der Waals surface area contributed by atoms with E-state index in [1.807, 2.05) is 26.0 Å². The smallest absolute Gasteiger partial charge is 0.206 e. The minimum atomic E-state index is -2.35. The van der Waals surface area contributed by atoms with E-state index < -0.39 is 6.43 Å². The molecule has 0 N–H and O–H groups in total. The van der Waals surface area contributed by atoms with E-state index in [0.29, 0.717) is 6.08 Å². The first-order valence-electron chi connectivity index (χ1n) is 4.11. The van der Waals surface area contributed by atoms with Crippen LogP contribution in [0.2, 0.25) is 5.02 Å². The quantitative estimate of drug-likeness (QED) is 0.613. The maximum atomic E-state index is 10.6. The topological polar surface area (TPSA) is 0 Å². The Morgan fingerprint density at radius 2 is 1.86 bits per heavy atom. The van der Waals surface area contributed by atoms with Crippen LogP contribution in [0.3, 0.4) is 0 Å². The van der Waals surface area contributed by atoms with Crippen LogP contribution in [0, 0.1) is 13.8 Å². The molecule has 0 aliphatic heterocycles. The van der Waals surface area contributed by atoms with Gasteiger partial charge in [0.15, 0.2) is 0 Å². The Hall–Kier alpha value is -0.890. The Labute approximate surface area is 88.2 Å². The molecule has 1 aromatic rings. The van der Waals surface area contributed by atoms with Crippen molar-refractivity contribution in [1.82, 2.24) is 0 Å². The van der Waals surface area contributed by atoms with Gasteiger partial charge in [-0.25, -0.2) is 8.78 Å². The SMILES string of the molecule is C=CC(F)F.Cc1ccc(C)c(Cl)c1. The van der Waals surface area contributed by atoms with Gasteiger partial charge in [-0.15, -0.1) is 0 Å². The van der Waals surface area contributed by atoms with Gasteiger partial charge >= 0.3 is 0 Å². The zero-order valence-electron chi connectivity index (χ0n) is 8.23. The summed E-state index contributed by atoms with van der Waals surface area (Å²) in [6.45, 7) is 6.84. The van der Waals surface area contributed by atoms with Gasteiger partial charge in [-0.3, -0.25) is 0 Å². The van der Waals surface area contributed by atoms with E-state index in [-0.39, 0.29) is 0 Å². The second kappa shape index (κ2) is 6.55. The summed E-state index contributed by atoms with van der Waals surface area (Å²) in [5.41, 5.74) is 2.35. The molecule has 0 bridgehead atoms. The largest absolute Gasteiger partial charge is 0.256 e. The fourth-order valence-corrected chi connectivity index (χ4v) is 0.933. The maximum absolute atomic E-state index is 10.6. The van der Waals surface area contributed by atoms with E-state index in [9.17, 15) is 8.78 Å². The number of hydrogen-bond acceptors (Lipinski definition) is 0. The van der Waals surface area contributed by atoms with Gasteiger partial charge in [0.25, 0.3) is 6.43 Å². The van der Waals surface area contributed by atoms with Gasteiger partial charge in [0, 0.05) is 5.02 Å². The van der Waals surface area contributed by atoms with Crippen molar-refractivity contribution in [1.29, 1.82) is 0 Å². The molecule has 78 valence electrons. The Morgan fingerprint density at radius 1 is 1.36 bits per heavy atom. The van der Waals surface area contributed by atoms with E-state index in [1.165, 1.54) is 5.56 Å². The minimum absolute atomic E-state index is 0.583. The highest BCUT2D eigenvalue weighted by Crippen LogP contribution is 2.15.